The Hall–Kier alpha value is -2.98. The van der Waals surface area contributed by atoms with E-state index in [0.29, 0.717) is 26.1 Å². The Morgan fingerprint density at radius 1 is 1.17 bits per heavy atom. The molecule has 1 heterocycles. The van der Waals surface area contributed by atoms with E-state index in [1.54, 1.807) is 4.90 Å². The normalized spacial score (nSPS) is 16.8. The van der Waals surface area contributed by atoms with Crippen LogP contribution in [0.2, 0.25) is 0 Å². The summed E-state index contributed by atoms with van der Waals surface area (Å²) in [5.41, 5.74) is 10.3. The molecule has 2 aromatic carbocycles. The zero-order chi connectivity index (χ0) is 16.8. The van der Waals surface area contributed by atoms with Gasteiger partial charge in [-0.15, -0.1) is 0 Å². The molecule has 1 aliphatic heterocycles. The summed E-state index contributed by atoms with van der Waals surface area (Å²) in [7, 11) is 0. The van der Waals surface area contributed by atoms with E-state index in [-0.39, 0.29) is 11.8 Å². The third-order valence-corrected chi connectivity index (χ3v) is 4.03. The van der Waals surface area contributed by atoms with Gasteiger partial charge >= 0.3 is 0 Å². The van der Waals surface area contributed by atoms with Crippen molar-refractivity contribution in [1.82, 2.24) is 0 Å². The second kappa shape index (κ2) is 7.53. The number of hydrogen-bond acceptors (Lipinski definition) is 3. The van der Waals surface area contributed by atoms with Gasteiger partial charge in [0.05, 0.1) is 5.69 Å². The van der Waals surface area contributed by atoms with Gasteiger partial charge in [-0.1, -0.05) is 41.5 Å². The first-order valence-corrected chi connectivity index (χ1v) is 7.85. The summed E-state index contributed by atoms with van der Waals surface area (Å²) in [6, 6.07) is 17.3. The van der Waals surface area contributed by atoms with Crippen molar-refractivity contribution in [2.75, 3.05) is 18.0 Å². The molecular weight excluding hydrogens is 304 g/mol. The molecule has 1 atom stereocenters. The SMILES string of the molecule is [N-]=[N+]=NCC1CC(=O)N(c2ccccc2COc2ccccc2)C1. The molecule has 0 radical (unpaired) electrons. The Balaban J connectivity index is 1.74. The first kappa shape index (κ1) is 15.9. The van der Waals surface area contributed by atoms with Crippen LogP contribution in [0, 0.1) is 5.92 Å². The van der Waals surface area contributed by atoms with E-state index >= 15 is 0 Å². The van der Waals surface area contributed by atoms with Crippen molar-refractivity contribution in [3.8, 4) is 5.75 Å². The molecule has 1 fully saturated rings. The number of benzene rings is 2. The zero-order valence-electron chi connectivity index (χ0n) is 13.2. The predicted molar refractivity (Wildman–Crippen MR) is 91.7 cm³/mol. The molecule has 0 spiro atoms. The Labute approximate surface area is 140 Å². The van der Waals surface area contributed by atoms with E-state index in [1.165, 1.54) is 0 Å². The van der Waals surface area contributed by atoms with Crippen molar-refractivity contribution in [2.24, 2.45) is 11.0 Å². The average molecular weight is 322 g/mol. The topological polar surface area (TPSA) is 78.3 Å². The number of nitrogens with zero attached hydrogens (tertiary/aromatic N) is 4. The highest BCUT2D eigenvalue weighted by atomic mass is 16.5. The molecule has 1 saturated heterocycles. The monoisotopic (exact) mass is 322 g/mol. The number of rotatable bonds is 6. The number of azide groups is 1. The maximum Gasteiger partial charge on any atom is 0.227 e. The minimum atomic E-state index is 0.0558. The number of carbonyl (C=O) groups excluding carboxylic acids is 1. The molecule has 122 valence electrons. The van der Waals surface area contributed by atoms with E-state index < -0.39 is 0 Å². The summed E-state index contributed by atoms with van der Waals surface area (Å²) in [6.07, 6.45) is 0.410. The number of ether oxygens (including phenoxy) is 1. The van der Waals surface area contributed by atoms with Crippen molar-refractivity contribution in [1.29, 1.82) is 0 Å². The lowest BCUT2D eigenvalue weighted by Crippen LogP contribution is -2.26. The predicted octanol–water partition coefficient (Wildman–Crippen LogP) is 3.93. The van der Waals surface area contributed by atoms with Gasteiger partial charge in [-0.2, -0.15) is 0 Å². The maximum absolute atomic E-state index is 12.3. The molecule has 0 aromatic heterocycles. The molecular formula is C18H18N4O2. The van der Waals surface area contributed by atoms with Crippen molar-refractivity contribution in [2.45, 2.75) is 13.0 Å². The first-order valence-electron chi connectivity index (χ1n) is 7.85. The smallest absolute Gasteiger partial charge is 0.227 e. The van der Waals surface area contributed by atoms with Crippen LogP contribution >= 0.6 is 0 Å². The fourth-order valence-electron chi connectivity index (χ4n) is 2.86. The minimum Gasteiger partial charge on any atom is -0.489 e. The largest absolute Gasteiger partial charge is 0.489 e. The second-order valence-electron chi connectivity index (χ2n) is 5.72. The molecule has 1 unspecified atom stereocenters. The highest BCUT2D eigenvalue weighted by Crippen LogP contribution is 2.29. The highest BCUT2D eigenvalue weighted by molar-refractivity contribution is 5.96. The van der Waals surface area contributed by atoms with Crippen LogP contribution in [0.3, 0.4) is 0 Å². The van der Waals surface area contributed by atoms with Gasteiger partial charge in [0, 0.05) is 30.0 Å². The van der Waals surface area contributed by atoms with Gasteiger partial charge in [-0.25, -0.2) is 0 Å². The van der Waals surface area contributed by atoms with Crippen LogP contribution in [0.1, 0.15) is 12.0 Å². The van der Waals surface area contributed by atoms with Crippen molar-refractivity contribution < 1.29 is 9.53 Å². The van der Waals surface area contributed by atoms with Gasteiger partial charge < -0.3 is 9.64 Å². The average Bonchev–Trinajstić information content (AvgIpc) is 3.00. The molecule has 6 heteroatoms. The quantitative estimate of drug-likeness (QED) is 0.459. The van der Waals surface area contributed by atoms with Crippen molar-refractivity contribution in [3.63, 3.8) is 0 Å². The van der Waals surface area contributed by atoms with Gasteiger partial charge in [0.2, 0.25) is 5.91 Å². The Morgan fingerprint density at radius 2 is 1.92 bits per heavy atom. The van der Waals surface area contributed by atoms with Crippen LogP contribution in [0.25, 0.3) is 10.4 Å². The summed E-state index contributed by atoms with van der Waals surface area (Å²) in [5.74, 6) is 0.915. The van der Waals surface area contributed by atoms with E-state index in [9.17, 15) is 4.79 Å². The lowest BCUT2D eigenvalue weighted by Gasteiger charge is -2.20. The molecule has 6 nitrogen and oxygen atoms in total. The summed E-state index contributed by atoms with van der Waals surface area (Å²) >= 11 is 0. The second-order valence-corrected chi connectivity index (χ2v) is 5.72. The molecule has 24 heavy (non-hydrogen) atoms. The van der Waals surface area contributed by atoms with Gasteiger partial charge in [0.1, 0.15) is 12.4 Å². The molecule has 1 aliphatic rings. The van der Waals surface area contributed by atoms with E-state index in [2.05, 4.69) is 10.0 Å². The van der Waals surface area contributed by atoms with E-state index in [0.717, 1.165) is 17.0 Å². The first-order chi connectivity index (χ1) is 11.8. The third-order valence-electron chi connectivity index (χ3n) is 4.03. The number of anilines is 1. The van der Waals surface area contributed by atoms with Crippen LogP contribution in [0.15, 0.2) is 59.7 Å². The van der Waals surface area contributed by atoms with Crippen LogP contribution in [-0.4, -0.2) is 19.0 Å². The summed E-state index contributed by atoms with van der Waals surface area (Å²) in [4.78, 5) is 16.9. The van der Waals surface area contributed by atoms with Gasteiger partial charge in [-0.3, -0.25) is 4.79 Å². The van der Waals surface area contributed by atoms with Crippen LogP contribution in [-0.2, 0) is 11.4 Å². The molecule has 3 rings (SSSR count). The van der Waals surface area contributed by atoms with E-state index in [4.69, 9.17) is 10.3 Å². The molecule has 1 amide bonds. The number of para-hydroxylation sites is 2. The summed E-state index contributed by atoms with van der Waals surface area (Å²) in [6.45, 7) is 1.31. The Bertz CT molecular complexity index is 757. The Kier molecular flexibility index (Phi) is 4.99. The maximum atomic E-state index is 12.3. The standard InChI is InChI=1S/C18H18N4O2/c19-21-20-11-14-10-18(23)22(12-14)17-9-5-4-6-15(17)13-24-16-7-2-1-3-8-16/h1-9,14H,10-13H2. The van der Waals surface area contributed by atoms with E-state index in [1.807, 2.05) is 54.6 Å². The third kappa shape index (κ3) is 3.67. The Morgan fingerprint density at radius 3 is 2.71 bits per heavy atom. The van der Waals surface area contributed by atoms with Crippen molar-refractivity contribution in [3.05, 3.63) is 70.6 Å². The molecule has 0 aliphatic carbocycles. The summed E-state index contributed by atoms with van der Waals surface area (Å²) < 4.78 is 5.81. The molecule has 0 saturated carbocycles. The van der Waals surface area contributed by atoms with Gasteiger partial charge in [-0.05, 0) is 29.6 Å². The number of hydrogen-bond donors (Lipinski definition) is 0. The number of amides is 1. The van der Waals surface area contributed by atoms with Gasteiger partial charge in [0.25, 0.3) is 0 Å². The molecule has 2 aromatic rings. The summed E-state index contributed by atoms with van der Waals surface area (Å²) in [5, 5.41) is 3.59. The lowest BCUT2D eigenvalue weighted by molar-refractivity contribution is -0.117. The van der Waals surface area contributed by atoms with Crippen LogP contribution < -0.4 is 9.64 Å². The minimum absolute atomic E-state index is 0.0558. The fraction of sp³-hybridized carbons (Fsp3) is 0.278. The van der Waals surface area contributed by atoms with Crippen LogP contribution in [0.4, 0.5) is 5.69 Å². The van der Waals surface area contributed by atoms with Crippen molar-refractivity contribution >= 4 is 11.6 Å². The highest BCUT2D eigenvalue weighted by Gasteiger charge is 2.31. The molecule has 0 N–H and O–H groups in total. The van der Waals surface area contributed by atoms with Gasteiger partial charge in [0.15, 0.2) is 0 Å². The molecule has 0 bridgehead atoms. The lowest BCUT2D eigenvalue weighted by atomic mass is 10.1. The van der Waals surface area contributed by atoms with Crippen LogP contribution in [0.5, 0.6) is 5.75 Å². The zero-order valence-corrected chi connectivity index (χ0v) is 13.2. The fourth-order valence-corrected chi connectivity index (χ4v) is 2.86. The number of carbonyl (C=O) groups is 1.